The minimum absolute atomic E-state index is 0.0374. The molecule has 0 radical (unpaired) electrons. The summed E-state index contributed by atoms with van der Waals surface area (Å²) in [4.78, 5) is 8.74. The smallest absolute Gasteiger partial charge is 0.351 e. The van der Waals surface area contributed by atoms with Gasteiger partial charge in [-0.05, 0) is 25.8 Å². The van der Waals surface area contributed by atoms with E-state index in [1.165, 1.54) is 10.4 Å². The molecule has 156 valence electrons. The summed E-state index contributed by atoms with van der Waals surface area (Å²) in [5, 5.41) is 12.1. The third-order valence-corrected chi connectivity index (χ3v) is 6.98. The molecular formula is C17H18F3N5O2S2. The first kappa shape index (κ1) is 21.5. The number of halogens is 3. The predicted octanol–water partition coefficient (Wildman–Crippen LogP) is 3.24. The molecule has 29 heavy (non-hydrogen) atoms. The molecule has 0 aromatic carbocycles. The lowest BCUT2D eigenvalue weighted by molar-refractivity contribution is -0.137. The van der Waals surface area contributed by atoms with Gasteiger partial charge in [0.05, 0.1) is 22.4 Å². The van der Waals surface area contributed by atoms with Crippen molar-refractivity contribution in [2.45, 2.75) is 32.0 Å². The van der Waals surface area contributed by atoms with Crippen LogP contribution in [0, 0.1) is 18.3 Å². The van der Waals surface area contributed by atoms with Crippen molar-refractivity contribution < 1.29 is 21.6 Å². The van der Waals surface area contributed by atoms with Crippen LogP contribution in [0.25, 0.3) is 10.6 Å². The number of alkyl halides is 3. The van der Waals surface area contributed by atoms with Crippen molar-refractivity contribution in [3.05, 3.63) is 28.3 Å². The molecule has 2 aromatic rings. The van der Waals surface area contributed by atoms with Gasteiger partial charge in [-0.15, -0.1) is 11.3 Å². The number of thiophene rings is 1. The second-order valence-corrected chi connectivity index (χ2v) is 9.97. The Kier molecular flexibility index (Phi) is 5.84. The summed E-state index contributed by atoms with van der Waals surface area (Å²) < 4.78 is 64.9. The van der Waals surface area contributed by atoms with Crippen LogP contribution in [0.4, 0.5) is 19.1 Å². The van der Waals surface area contributed by atoms with Crippen LogP contribution in [-0.2, 0) is 16.2 Å². The van der Waals surface area contributed by atoms with Gasteiger partial charge in [-0.1, -0.05) is 0 Å². The quantitative estimate of drug-likeness (QED) is 0.776. The molecule has 0 spiro atoms. The minimum atomic E-state index is -4.64. The van der Waals surface area contributed by atoms with Gasteiger partial charge in [0.25, 0.3) is 0 Å². The van der Waals surface area contributed by atoms with Crippen LogP contribution < -0.4 is 5.32 Å². The Labute approximate surface area is 170 Å². The van der Waals surface area contributed by atoms with E-state index in [9.17, 15) is 21.6 Å². The topological polar surface area (TPSA) is 99.0 Å². The average molecular weight is 445 g/mol. The molecule has 0 unspecified atom stereocenters. The monoisotopic (exact) mass is 445 g/mol. The van der Waals surface area contributed by atoms with Crippen molar-refractivity contribution in [3.8, 4) is 16.6 Å². The first-order valence-corrected chi connectivity index (χ1v) is 11.3. The van der Waals surface area contributed by atoms with E-state index < -0.39 is 21.8 Å². The molecule has 0 bridgehead atoms. The van der Waals surface area contributed by atoms with Crippen LogP contribution in [0.5, 0.6) is 0 Å². The Morgan fingerprint density at radius 3 is 2.52 bits per heavy atom. The summed E-state index contributed by atoms with van der Waals surface area (Å²) in [6.45, 7) is 2.30. The Hall–Kier alpha value is -2.23. The van der Waals surface area contributed by atoms with Crippen LogP contribution >= 0.6 is 11.3 Å². The number of hydrogen-bond donors (Lipinski definition) is 1. The number of anilines is 1. The van der Waals surface area contributed by atoms with Gasteiger partial charge in [0.15, 0.2) is 0 Å². The van der Waals surface area contributed by atoms with Gasteiger partial charge < -0.3 is 5.32 Å². The lowest BCUT2D eigenvalue weighted by Gasteiger charge is -2.30. The van der Waals surface area contributed by atoms with Gasteiger partial charge in [0.1, 0.15) is 11.6 Å². The van der Waals surface area contributed by atoms with Gasteiger partial charge in [0, 0.05) is 30.2 Å². The fourth-order valence-electron chi connectivity index (χ4n) is 3.07. The molecule has 3 rings (SSSR count). The van der Waals surface area contributed by atoms with Crippen molar-refractivity contribution >= 4 is 27.3 Å². The zero-order valence-electron chi connectivity index (χ0n) is 15.6. The Bertz CT molecular complexity index is 1050. The maximum absolute atomic E-state index is 13.4. The lowest BCUT2D eigenvalue weighted by atomic mass is 10.1. The van der Waals surface area contributed by atoms with Crippen LogP contribution in [0.2, 0.25) is 0 Å². The van der Waals surface area contributed by atoms with Crippen LogP contribution in [-0.4, -0.2) is 48.1 Å². The van der Waals surface area contributed by atoms with Gasteiger partial charge in [0.2, 0.25) is 16.0 Å². The number of piperidine rings is 1. The predicted molar refractivity (Wildman–Crippen MR) is 103 cm³/mol. The Balaban J connectivity index is 1.87. The first-order valence-electron chi connectivity index (χ1n) is 8.66. The van der Waals surface area contributed by atoms with Crippen molar-refractivity contribution in [2.75, 3.05) is 24.7 Å². The van der Waals surface area contributed by atoms with E-state index in [0.29, 0.717) is 36.4 Å². The highest BCUT2D eigenvalue weighted by atomic mass is 32.2. The SMILES string of the molecule is Cc1sc(-c2nc(NC3CCN(S(C)(=O)=O)CC3)ncc2C(F)(F)F)cc1C#N. The molecule has 3 heterocycles. The van der Waals surface area contributed by atoms with E-state index in [1.54, 1.807) is 6.92 Å². The molecule has 1 N–H and O–H groups in total. The largest absolute Gasteiger partial charge is 0.420 e. The summed E-state index contributed by atoms with van der Waals surface area (Å²) >= 11 is 1.07. The lowest BCUT2D eigenvalue weighted by Crippen LogP contribution is -2.42. The third-order valence-electron chi connectivity index (χ3n) is 4.62. The molecule has 7 nitrogen and oxygen atoms in total. The molecule has 0 amide bonds. The van der Waals surface area contributed by atoms with E-state index in [-0.39, 0.29) is 22.6 Å². The molecule has 0 aliphatic carbocycles. The molecular weight excluding hydrogens is 427 g/mol. The van der Waals surface area contributed by atoms with Gasteiger partial charge in [-0.25, -0.2) is 22.7 Å². The van der Waals surface area contributed by atoms with Gasteiger partial charge in [-0.3, -0.25) is 0 Å². The zero-order valence-corrected chi connectivity index (χ0v) is 17.2. The maximum Gasteiger partial charge on any atom is 0.420 e. The molecule has 0 atom stereocenters. The standard InChI is InChI=1S/C17H18F3N5O2S2/c1-10-11(8-21)7-14(28-10)15-13(17(18,19)20)9-22-16(24-15)23-12-3-5-25(6-4-12)29(2,26)27/h7,9,12H,3-6H2,1-2H3,(H,22,23,24). The highest BCUT2D eigenvalue weighted by Gasteiger charge is 2.36. The minimum Gasteiger partial charge on any atom is -0.351 e. The molecule has 1 aliphatic heterocycles. The number of hydrogen-bond acceptors (Lipinski definition) is 7. The van der Waals surface area contributed by atoms with Gasteiger partial charge in [-0.2, -0.15) is 18.4 Å². The highest BCUT2D eigenvalue weighted by Crippen LogP contribution is 2.39. The van der Waals surface area contributed by atoms with Crippen LogP contribution in [0.15, 0.2) is 12.3 Å². The normalized spacial score (nSPS) is 16.6. The third kappa shape index (κ3) is 4.85. The van der Waals surface area contributed by atoms with Crippen LogP contribution in [0.1, 0.15) is 28.8 Å². The van der Waals surface area contributed by atoms with Crippen molar-refractivity contribution in [3.63, 3.8) is 0 Å². The maximum atomic E-state index is 13.4. The number of nitriles is 1. The molecule has 1 saturated heterocycles. The number of nitrogens with zero attached hydrogens (tertiary/aromatic N) is 4. The Morgan fingerprint density at radius 1 is 1.34 bits per heavy atom. The van der Waals surface area contributed by atoms with E-state index in [4.69, 9.17) is 5.26 Å². The number of nitrogens with one attached hydrogen (secondary N) is 1. The Morgan fingerprint density at radius 2 is 2.00 bits per heavy atom. The van der Waals surface area contributed by atoms with Crippen molar-refractivity contribution in [1.82, 2.24) is 14.3 Å². The molecule has 0 saturated carbocycles. The first-order chi connectivity index (χ1) is 13.5. The zero-order chi connectivity index (χ0) is 21.4. The number of aryl methyl sites for hydroxylation is 1. The summed E-state index contributed by atoms with van der Waals surface area (Å²) in [5.41, 5.74) is -0.946. The summed E-state index contributed by atoms with van der Waals surface area (Å²) in [6, 6.07) is 3.20. The number of aromatic nitrogens is 2. The second kappa shape index (κ2) is 7.89. The highest BCUT2D eigenvalue weighted by molar-refractivity contribution is 7.88. The van der Waals surface area contributed by atoms with E-state index in [1.807, 2.05) is 6.07 Å². The van der Waals surface area contributed by atoms with E-state index in [0.717, 1.165) is 23.8 Å². The second-order valence-electron chi connectivity index (χ2n) is 6.73. The van der Waals surface area contributed by atoms with E-state index >= 15 is 0 Å². The fourth-order valence-corrected chi connectivity index (χ4v) is 4.92. The molecule has 2 aromatic heterocycles. The van der Waals surface area contributed by atoms with E-state index in [2.05, 4.69) is 15.3 Å². The van der Waals surface area contributed by atoms with Crippen LogP contribution in [0.3, 0.4) is 0 Å². The van der Waals surface area contributed by atoms with Gasteiger partial charge >= 0.3 is 6.18 Å². The van der Waals surface area contributed by atoms with Crippen molar-refractivity contribution in [2.24, 2.45) is 0 Å². The van der Waals surface area contributed by atoms with Crippen molar-refractivity contribution in [1.29, 1.82) is 5.26 Å². The summed E-state index contributed by atoms with van der Waals surface area (Å²) in [6.07, 6.45) is -1.78. The molecule has 12 heteroatoms. The molecule has 1 aliphatic rings. The molecule has 1 fully saturated rings. The number of sulfonamides is 1. The number of rotatable bonds is 4. The average Bonchev–Trinajstić information content (AvgIpc) is 3.01. The summed E-state index contributed by atoms with van der Waals surface area (Å²) in [7, 11) is -3.27. The summed E-state index contributed by atoms with van der Waals surface area (Å²) in [5.74, 6) is 0.0374. The fraction of sp³-hybridized carbons (Fsp3) is 0.471.